The summed E-state index contributed by atoms with van der Waals surface area (Å²) >= 11 is 0. The first kappa shape index (κ1) is 33.7. The average Bonchev–Trinajstić information content (AvgIpc) is 3.22. The maximum absolute atomic E-state index is 14.0. The van der Waals surface area contributed by atoms with Crippen LogP contribution in [0.1, 0.15) is 86.2 Å². The smallest absolute Gasteiger partial charge is 0.254 e. The first-order chi connectivity index (χ1) is 20.3. The lowest BCUT2D eigenvalue weighted by Gasteiger charge is -2.36. The molecule has 2 aromatic carbocycles. The maximum atomic E-state index is 14.0. The van der Waals surface area contributed by atoms with E-state index < -0.39 is 17.2 Å². The van der Waals surface area contributed by atoms with Gasteiger partial charge in [0.1, 0.15) is 0 Å². The molecular formula is C36H47N3O4. The molecule has 1 unspecified atom stereocenters. The van der Waals surface area contributed by atoms with Crippen LogP contribution >= 0.6 is 0 Å². The number of allylic oxidation sites excluding steroid dienone is 4. The number of nitrogens with zero attached hydrogens (tertiary/aromatic N) is 3. The van der Waals surface area contributed by atoms with E-state index in [1.165, 1.54) is 0 Å². The number of benzene rings is 2. The number of aryl methyl sites for hydroxylation is 1. The summed E-state index contributed by atoms with van der Waals surface area (Å²) in [6.45, 7) is 12.7. The molecule has 0 fully saturated rings. The number of hydrogen-bond donors (Lipinski definition) is 1. The van der Waals surface area contributed by atoms with Crippen molar-refractivity contribution in [2.24, 2.45) is 5.18 Å². The van der Waals surface area contributed by atoms with E-state index in [2.05, 4.69) is 23.4 Å². The Hall–Kier alpha value is -3.84. The largest absolute Gasteiger partial charge is 0.393 e. The Bertz CT molecular complexity index is 1360. The van der Waals surface area contributed by atoms with Crippen molar-refractivity contribution < 1.29 is 14.7 Å². The molecule has 1 N–H and O–H groups in total. The molecule has 0 radical (unpaired) electrons. The van der Waals surface area contributed by atoms with E-state index in [0.717, 1.165) is 23.1 Å². The van der Waals surface area contributed by atoms with Gasteiger partial charge in [0.25, 0.3) is 11.8 Å². The summed E-state index contributed by atoms with van der Waals surface area (Å²) in [5.41, 5.74) is 2.95. The highest BCUT2D eigenvalue weighted by Gasteiger charge is 2.30. The van der Waals surface area contributed by atoms with Crippen LogP contribution in [0.5, 0.6) is 0 Å². The number of amides is 2. The van der Waals surface area contributed by atoms with Crippen molar-refractivity contribution in [1.29, 1.82) is 0 Å². The molecule has 0 aliphatic heterocycles. The second kappa shape index (κ2) is 15.1. The van der Waals surface area contributed by atoms with Crippen molar-refractivity contribution in [3.8, 4) is 0 Å². The molecule has 7 heteroatoms. The van der Waals surface area contributed by atoms with Gasteiger partial charge in [-0.3, -0.25) is 9.59 Å². The quantitative estimate of drug-likeness (QED) is 0.274. The summed E-state index contributed by atoms with van der Waals surface area (Å²) in [4.78, 5) is 41.9. The Labute approximate surface area is 257 Å². The minimum absolute atomic E-state index is 0.0278. The molecule has 0 heterocycles. The third kappa shape index (κ3) is 9.58. The Kier molecular flexibility index (Phi) is 11.8. The lowest BCUT2D eigenvalue weighted by Crippen LogP contribution is -2.47. The van der Waals surface area contributed by atoms with Gasteiger partial charge in [0, 0.05) is 35.3 Å². The van der Waals surface area contributed by atoms with Crippen LogP contribution in [0.2, 0.25) is 0 Å². The highest BCUT2D eigenvalue weighted by molar-refractivity contribution is 5.97. The molecule has 2 aromatic rings. The van der Waals surface area contributed by atoms with Crippen molar-refractivity contribution in [2.75, 3.05) is 19.6 Å². The second-order valence-electron chi connectivity index (χ2n) is 13.1. The fourth-order valence-electron chi connectivity index (χ4n) is 5.23. The first-order valence-corrected chi connectivity index (χ1v) is 15.1. The number of carbonyl (C=O) groups excluding carboxylic acids is 2. The van der Waals surface area contributed by atoms with Crippen molar-refractivity contribution in [3.63, 3.8) is 0 Å². The number of rotatable bonds is 12. The van der Waals surface area contributed by atoms with Gasteiger partial charge in [-0.15, -0.1) is 0 Å². The molecule has 43 heavy (non-hydrogen) atoms. The first-order valence-electron chi connectivity index (χ1n) is 15.1. The molecule has 0 bridgehead atoms. The average molecular weight is 586 g/mol. The third-order valence-electron chi connectivity index (χ3n) is 7.61. The standard InChI is InChI=1S/C36H47N3O4/c1-35(2,3)38(24-23-37-43)33(41)31-19-13-11-17-28(31)21-22-30(40)25-29-18-12-14-20-32(29)34(42)39(36(4,5)6)26-27-15-9-7-8-10-16-27/h7,9-20,30,40H,8,21-26H2,1-6H3. The van der Waals surface area contributed by atoms with Crippen LogP contribution in [-0.4, -0.2) is 63.5 Å². The van der Waals surface area contributed by atoms with Gasteiger partial charge in [-0.25, -0.2) is 0 Å². The van der Waals surface area contributed by atoms with Crippen LogP contribution in [0.15, 0.2) is 89.7 Å². The summed E-state index contributed by atoms with van der Waals surface area (Å²) in [5.74, 6) is -0.227. The molecule has 0 saturated carbocycles. The minimum Gasteiger partial charge on any atom is -0.393 e. The zero-order valence-corrected chi connectivity index (χ0v) is 26.5. The molecule has 7 nitrogen and oxygen atoms in total. The van der Waals surface area contributed by atoms with E-state index in [1.807, 2.05) is 101 Å². The lowest BCUT2D eigenvalue weighted by atomic mass is 9.94. The van der Waals surface area contributed by atoms with Crippen molar-refractivity contribution in [3.05, 3.63) is 112 Å². The SMILES string of the molecule is CC(C)(C)N(CCN=O)C(=O)c1ccccc1CCC(O)Cc1ccccc1C(=O)N(CC1=CC=CCC=C1)C(C)(C)C. The Morgan fingerprint density at radius 2 is 1.44 bits per heavy atom. The number of carbonyl (C=O) groups is 2. The van der Waals surface area contributed by atoms with Crippen LogP contribution in [0, 0.1) is 4.91 Å². The van der Waals surface area contributed by atoms with E-state index in [9.17, 15) is 19.6 Å². The van der Waals surface area contributed by atoms with Gasteiger partial charge in [-0.2, -0.15) is 4.91 Å². The Balaban J connectivity index is 1.77. The molecule has 0 saturated heterocycles. The number of nitroso groups, excluding NO2 is 1. The minimum atomic E-state index is -0.712. The van der Waals surface area contributed by atoms with Crippen LogP contribution in [0.3, 0.4) is 0 Å². The van der Waals surface area contributed by atoms with Crippen LogP contribution in [0.4, 0.5) is 0 Å². The van der Waals surface area contributed by atoms with E-state index >= 15 is 0 Å². The molecular weight excluding hydrogens is 538 g/mol. The van der Waals surface area contributed by atoms with Gasteiger partial charge in [0.2, 0.25) is 0 Å². The van der Waals surface area contributed by atoms with E-state index in [1.54, 1.807) is 11.0 Å². The van der Waals surface area contributed by atoms with Crippen LogP contribution in [0.25, 0.3) is 0 Å². The van der Waals surface area contributed by atoms with Crippen molar-refractivity contribution in [1.82, 2.24) is 9.80 Å². The highest BCUT2D eigenvalue weighted by Crippen LogP contribution is 2.25. The van der Waals surface area contributed by atoms with E-state index in [-0.39, 0.29) is 24.9 Å². The summed E-state index contributed by atoms with van der Waals surface area (Å²) in [6, 6.07) is 14.9. The predicted octanol–water partition coefficient (Wildman–Crippen LogP) is 6.91. The molecule has 1 atom stereocenters. The van der Waals surface area contributed by atoms with Gasteiger partial charge >= 0.3 is 0 Å². The normalized spacial score (nSPS) is 14.1. The summed E-state index contributed by atoms with van der Waals surface area (Å²) in [6.07, 6.45) is 11.7. The predicted molar refractivity (Wildman–Crippen MR) is 174 cm³/mol. The number of hydrogen-bond acceptors (Lipinski definition) is 5. The van der Waals surface area contributed by atoms with Gasteiger partial charge in [-0.1, -0.05) is 72.0 Å². The molecule has 0 spiro atoms. The van der Waals surface area contributed by atoms with Gasteiger partial charge in [-0.05, 0) is 96.1 Å². The maximum Gasteiger partial charge on any atom is 0.254 e. The summed E-state index contributed by atoms with van der Waals surface area (Å²) in [7, 11) is 0. The summed E-state index contributed by atoms with van der Waals surface area (Å²) in [5, 5.41) is 14.1. The van der Waals surface area contributed by atoms with Gasteiger partial charge in [0.15, 0.2) is 0 Å². The lowest BCUT2D eigenvalue weighted by molar-refractivity contribution is 0.0585. The van der Waals surface area contributed by atoms with Gasteiger partial charge < -0.3 is 14.9 Å². The zero-order valence-electron chi connectivity index (χ0n) is 26.5. The number of aliphatic hydroxyl groups excluding tert-OH is 1. The Morgan fingerprint density at radius 1 is 0.860 bits per heavy atom. The molecule has 1 aliphatic rings. The second-order valence-corrected chi connectivity index (χ2v) is 13.1. The highest BCUT2D eigenvalue weighted by atomic mass is 16.3. The monoisotopic (exact) mass is 585 g/mol. The fourth-order valence-corrected chi connectivity index (χ4v) is 5.23. The molecule has 2 amide bonds. The van der Waals surface area contributed by atoms with Crippen molar-refractivity contribution in [2.45, 2.75) is 84.4 Å². The van der Waals surface area contributed by atoms with Crippen LogP contribution < -0.4 is 0 Å². The van der Waals surface area contributed by atoms with Crippen molar-refractivity contribution >= 4 is 11.8 Å². The van der Waals surface area contributed by atoms with E-state index in [4.69, 9.17) is 0 Å². The Morgan fingerprint density at radius 3 is 2.07 bits per heavy atom. The fraction of sp³-hybridized carbons (Fsp3) is 0.444. The molecule has 3 rings (SSSR count). The van der Waals surface area contributed by atoms with Crippen LogP contribution in [-0.2, 0) is 12.8 Å². The molecule has 230 valence electrons. The van der Waals surface area contributed by atoms with E-state index in [0.29, 0.717) is 36.9 Å². The van der Waals surface area contributed by atoms with Gasteiger partial charge in [0.05, 0.1) is 12.6 Å². The molecule has 1 aliphatic carbocycles. The molecule has 0 aromatic heterocycles. The summed E-state index contributed by atoms with van der Waals surface area (Å²) < 4.78 is 0. The number of aliphatic hydroxyl groups is 1. The third-order valence-corrected chi connectivity index (χ3v) is 7.61. The topological polar surface area (TPSA) is 90.3 Å². The zero-order chi connectivity index (χ0) is 31.6.